The molecule has 0 aliphatic heterocycles. The Bertz CT molecular complexity index is 1240. The summed E-state index contributed by atoms with van der Waals surface area (Å²) in [5, 5.41) is 35.4. The number of methoxy groups -OCH3 is 2. The number of carbonyl (C=O) groups is 4. The zero-order valence-electron chi connectivity index (χ0n) is 27.1. The molecular formula is C33H48N4O9. The predicted molar refractivity (Wildman–Crippen MR) is 171 cm³/mol. The third kappa shape index (κ3) is 11.7. The van der Waals surface area contributed by atoms with E-state index in [-0.39, 0.29) is 12.8 Å². The molecule has 0 spiro atoms. The summed E-state index contributed by atoms with van der Waals surface area (Å²) in [7, 11) is 2.67. The van der Waals surface area contributed by atoms with Crippen molar-refractivity contribution >= 4 is 29.5 Å². The third-order valence-corrected chi connectivity index (χ3v) is 8.26. The molecule has 0 radical (unpaired) electrons. The molecule has 2 aromatic rings. The van der Waals surface area contributed by atoms with Crippen molar-refractivity contribution < 1.29 is 44.0 Å². The van der Waals surface area contributed by atoms with Gasteiger partial charge in [0.15, 0.2) is 0 Å². The number of nitrogens with zero attached hydrogens (tertiary/aromatic N) is 2. The maximum Gasteiger partial charge on any atom is 0.310 e. The minimum Gasteiger partial charge on any atom is -0.481 e. The van der Waals surface area contributed by atoms with Crippen LogP contribution in [0.5, 0.6) is 0 Å². The Kier molecular flexibility index (Phi) is 16.7. The van der Waals surface area contributed by atoms with Crippen LogP contribution in [0.2, 0.25) is 0 Å². The molecule has 6 atom stereocenters. The molecule has 0 aliphatic carbocycles. The molecule has 0 bridgehead atoms. The third-order valence-electron chi connectivity index (χ3n) is 8.26. The summed E-state index contributed by atoms with van der Waals surface area (Å²) in [6.07, 6.45) is 5.35. The number of carboxylic acids is 3. The van der Waals surface area contributed by atoms with Crippen molar-refractivity contribution in [2.24, 2.45) is 23.7 Å². The minimum atomic E-state index is -1.39. The lowest BCUT2D eigenvalue weighted by molar-refractivity contribution is -0.160. The number of carboxylic acid groups (broad SMARTS) is 3. The lowest BCUT2D eigenvalue weighted by atomic mass is 9.79. The number of nitrogens with one attached hydrogen (secondary N) is 2. The van der Waals surface area contributed by atoms with E-state index in [1.54, 1.807) is 19.3 Å². The van der Waals surface area contributed by atoms with Gasteiger partial charge in [-0.3, -0.25) is 29.1 Å². The SMILES string of the molecule is CCC(OC)C(C(=O)NCCCCCCNc1ccnc(-c2ccccn2)c1)C(CCC(OC)C(C(=O)O)C(C)C(=O)O)C(=O)O. The summed E-state index contributed by atoms with van der Waals surface area (Å²) in [4.78, 5) is 57.8. The lowest BCUT2D eigenvalue weighted by Gasteiger charge is -2.31. The van der Waals surface area contributed by atoms with Crippen molar-refractivity contribution in [3.05, 3.63) is 42.7 Å². The topological polar surface area (TPSA) is 197 Å². The fourth-order valence-corrected chi connectivity index (χ4v) is 5.63. The van der Waals surface area contributed by atoms with Gasteiger partial charge < -0.3 is 35.4 Å². The zero-order chi connectivity index (χ0) is 34.1. The van der Waals surface area contributed by atoms with E-state index in [1.807, 2.05) is 30.3 Å². The van der Waals surface area contributed by atoms with Crippen LogP contribution in [-0.4, -0.2) is 88.6 Å². The first kappa shape index (κ1) is 38.1. The number of hydrogen-bond donors (Lipinski definition) is 5. The molecule has 13 nitrogen and oxygen atoms in total. The number of carbonyl (C=O) groups excluding carboxylic acids is 1. The maximum atomic E-state index is 13.3. The molecule has 6 unspecified atom stereocenters. The van der Waals surface area contributed by atoms with E-state index >= 15 is 0 Å². The van der Waals surface area contributed by atoms with E-state index in [0.717, 1.165) is 42.9 Å². The average molecular weight is 645 g/mol. The number of pyridine rings is 2. The van der Waals surface area contributed by atoms with E-state index in [9.17, 15) is 34.5 Å². The Hall–Kier alpha value is -4.10. The Morgan fingerprint density at radius 3 is 2.02 bits per heavy atom. The van der Waals surface area contributed by atoms with Crippen LogP contribution < -0.4 is 10.6 Å². The lowest BCUT2D eigenvalue weighted by Crippen LogP contribution is -2.46. The second kappa shape index (κ2) is 20.1. The summed E-state index contributed by atoms with van der Waals surface area (Å²) in [5.41, 5.74) is 2.55. The van der Waals surface area contributed by atoms with Gasteiger partial charge in [-0.05, 0) is 56.4 Å². The Balaban J connectivity index is 1.89. The summed E-state index contributed by atoms with van der Waals surface area (Å²) in [6.45, 7) is 4.20. The van der Waals surface area contributed by atoms with E-state index in [4.69, 9.17) is 9.47 Å². The number of unbranched alkanes of at least 4 members (excludes halogenated alkanes) is 3. The van der Waals surface area contributed by atoms with Crippen molar-refractivity contribution in [1.29, 1.82) is 0 Å². The van der Waals surface area contributed by atoms with E-state index < -0.39 is 59.7 Å². The normalized spacial score (nSPS) is 15.1. The number of ether oxygens (including phenoxy) is 2. The van der Waals surface area contributed by atoms with E-state index in [2.05, 4.69) is 20.6 Å². The first-order chi connectivity index (χ1) is 22.0. The Morgan fingerprint density at radius 2 is 1.46 bits per heavy atom. The van der Waals surface area contributed by atoms with Crippen LogP contribution in [0.25, 0.3) is 11.4 Å². The number of hydrogen-bond acceptors (Lipinski definition) is 9. The molecule has 2 heterocycles. The van der Waals surface area contributed by atoms with Gasteiger partial charge in [-0.2, -0.15) is 0 Å². The van der Waals surface area contributed by atoms with Crippen LogP contribution in [0.1, 0.15) is 58.8 Å². The fourth-order valence-electron chi connectivity index (χ4n) is 5.63. The molecule has 2 rings (SSSR count). The largest absolute Gasteiger partial charge is 0.481 e. The van der Waals surface area contributed by atoms with E-state index in [1.165, 1.54) is 21.1 Å². The van der Waals surface area contributed by atoms with Crippen molar-refractivity contribution in [2.75, 3.05) is 32.6 Å². The van der Waals surface area contributed by atoms with Gasteiger partial charge in [0.05, 0.1) is 47.3 Å². The van der Waals surface area contributed by atoms with Crippen LogP contribution in [0.3, 0.4) is 0 Å². The molecule has 0 saturated heterocycles. The molecule has 5 N–H and O–H groups in total. The number of aromatic nitrogens is 2. The Labute approximate surface area is 270 Å². The van der Waals surface area contributed by atoms with Crippen LogP contribution in [0.15, 0.2) is 42.7 Å². The van der Waals surface area contributed by atoms with Crippen molar-refractivity contribution in [2.45, 2.75) is 71.0 Å². The molecular weight excluding hydrogens is 596 g/mol. The summed E-state index contributed by atoms with van der Waals surface area (Å²) in [6, 6.07) is 9.54. The molecule has 1 amide bonds. The highest BCUT2D eigenvalue weighted by Crippen LogP contribution is 2.30. The highest BCUT2D eigenvalue weighted by Gasteiger charge is 2.42. The number of aliphatic carboxylic acids is 3. The van der Waals surface area contributed by atoms with Crippen molar-refractivity contribution in [3.8, 4) is 11.4 Å². The van der Waals surface area contributed by atoms with Crippen molar-refractivity contribution in [1.82, 2.24) is 15.3 Å². The van der Waals surface area contributed by atoms with Gasteiger partial charge in [0, 0.05) is 45.4 Å². The zero-order valence-corrected chi connectivity index (χ0v) is 27.1. The summed E-state index contributed by atoms with van der Waals surface area (Å²) < 4.78 is 10.8. The second-order valence-corrected chi connectivity index (χ2v) is 11.3. The van der Waals surface area contributed by atoms with Crippen LogP contribution in [0, 0.1) is 23.7 Å². The van der Waals surface area contributed by atoms with Crippen LogP contribution in [0.4, 0.5) is 5.69 Å². The molecule has 0 saturated carbocycles. The summed E-state index contributed by atoms with van der Waals surface area (Å²) >= 11 is 0. The molecule has 254 valence electrons. The maximum absolute atomic E-state index is 13.3. The molecule has 0 aliphatic rings. The molecule has 0 aromatic carbocycles. The monoisotopic (exact) mass is 644 g/mol. The van der Waals surface area contributed by atoms with Crippen LogP contribution >= 0.6 is 0 Å². The molecule has 2 aromatic heterocycles. The van der Waals surface area contributed by atoms with Gasteiger partial charge in [0.2, 0.25) is 5.91 Å². The smallest absolute Gasteiger partial charge is 0.310 e. The quantitative estimate of drug-likeness (QED) is 0.108. The van der Waals surface area contributed by atoms with Gasteiger partial charge in [0.1, 0.15) is 0 Å². The Morgan fingerprint density at radius 1 is 0.783 bits per heavy atom. The number of rotatable bonds is 23. The average Bonchev–Trinajstić information content (AvgIpc) is 3.04. The highest BCUT2D eigenvalue weighted by atomic mass is 16.5. The molecule has 13 heteroatoms. The molecule has 0 fully saturated rings. The van der Waals surface area contributed by atoms with Gasteiger partial charge >= 0.3 is 17.9 Å². The number of anilines is 1. The summed E-state index contributed by atoms with van der Waals surface area (Å²) in [5.74, 6) is -9.22. The highest BCUT2D eigenvalue weighted by molar-refractivity contribution is 5.85. The minimum absolute atomic E-state index is 0.0655. The van der Waals surface area contributed by atoms with Gasteiger partial charge in [-0.1, -0.05) is 32.8 Å². The van der Waals surface area contributed by atoms with Gasteiger partial charge in [0.25, 0.3) is 0 Å². The molecule has 46 heavy (non-hydrogen) atoms. The standard InChI is InChI=1S/C33H48N4O9/c1-5-26(45-3)29(23(32(41)42)13-14-27(46-4)28(33(43)44)21(2)31(39)40)30(38)37-18-10-7-6-9-16-34-22-15-19-36-25(20-22)24-12-8-11-17-35-24/h8,11-12,15,17,19-21,23,26-29H,5-7,9-10,13-14,16,18H2,1-4H3,(H,34,36)(H,37,38)(H,39,40)(H,41,42)(H,43,44). The fraction of sp³-hybridized carbons (Fsp3) is 0.576. The second-order valence-electron chi connectivity index (χ2n) is 11.3. The number of amides is 1. The first-order valence-electron chi connectivity index (χ1n) is 15.7. The van der Waals surface area contributed by atoms with Gasteiger partial charge in [-0.15, -0.1) is 0 Å². The van der Waals surface area contributed by atoms with E-state index in [0.29, 0.717) is 19.4 Å². The van der Waals surface area contributed by atoms with Gasteiger partial charge in [-0.25, -0.2) is 0 Å². The predicted octanol–water partition coefficient (Wildman–Crippen LogP) is 4.19. The van der Waals surface area contributed by atoms with Crippen molar-refractivity contribution in [3.63, 3.8) is 0 Å². The van der Waals surface area contributed by atoms with Crippen LogP contribution in [-0.2, 0) is 28.7 Å². The first-order valence-corrected chi connectivity index (χ1v) is 15.7.